The molecule has 112 valence electrons. The molecule has 0 spiro atoms. The van der Waals surface area contributed by atoms with Gasteiger partial charge >= 0.3 is 0 Å². The molecule has 2 N–H and O–H groups in total. The van der Waals surface area contributed by atoms with E-state index in [1.54, 1.807) is 0 Å². The van der Waals surface area contributed by atoms with Crippen molar-refractivity contribution in [3.8, 4) is 0 Å². The van der Waals surface area contributed by atoms with E-state index in [-0.39, 0.29) is 5.91 Å². The summed E-state index contributed by atoms with van der Waals surface area (Å²) in [5, 5.41) is 6.21. The molecule has 0 saturated carbocycles. The van der Waals surface area contributed by atoms with Crippen LogP contribution in [-0.4, -0.2) is 44.0 Å². The Morgan fingerprint density at radius 2 is 2.05 bits per heavy atom. The van der Waals surface area contributed by atoms with Gasteiger partial charge in [-0.2, -0.15) is 0 Å². The van der Waals surface area contributed by atoms with Gasteiger partial charge in [0.2, 0.25) is 5.91 Å². The second-order valence-corrected chi connectivity index (χ2v) is 6.47. The van der Waals surface area contributed by atoms with Gasteiger partial charge in [-0.1, -0.05) is 35.8 Å². The number of nitrogens with zero attached hydrogens (tertiary/aromatic N) is 1. The molecule has 0 fully saturated rings. The molecule has 0 aliphatic heterocycles. The van der Waals surface area contributed by atoms with Crippen LogP contribution < -0.4 is 10.6 Å². The first-order valence-corrected chi connectivity index (χ1v) is 7.61. The maximum absolute atomic E-state index is 11.9. The van der Waals surface area contributed by atoms with E-state index in [1.165, 1.54) is 0 Å². The minimum atomic E-state index is -0.0208. The molecule has 0 radical (unpaired) electrons. The lowest BCUT2D eigenvalue weighted by Crippen LogP contribution is -2.45. The molecular formula is C15H24BrN3O. The molecular weight excluding hydrogens is 318 g/mol. The maximum Gasteiger partial charge on any atom is 0.238 e. The average molecular weight is 342 g/mol. The number of nitrogens with one attached hydrogen (secondary N) is 2. The summed E-state index contributed by atoms with van der Waals surface area (Å²) >= 11 is 3.39. The molecule has 1 aromatic rings. The smallest absolute Gasteiger partial charge is 0.238 e. The Morgan fingerprint density at radius 1 is 1.35 bits per heavy atom. The van der Waals surface area contributed by atoms with Crippen LogP contribution in [0.3, 0.4) is 0 Å². The van der Waals surface area contributed by atoms with Gasteiger partial charge in [0, 0.05) is 22.7 Å². The number of hydrogen-bond acceptors (Lipinski definition) is 3. The van der Waals surface area contributed by atoms with Gasteiger partial charge in [0.15, 0.2) is 0 Å². The summed E-state index contributed by atoms with van der Waals surface area (Å²) in [6.45, 7) is 5.56. The van der Waals surface area contributed by atoms with E-state index in [0.717, 1.165) is 16.7 Å². The van der Waals surface area contributed by atoms with E-state index in [2.05, 4.69) is 45.3 Å². The lowest BCUT2D eigenvalue weighted by molar-refractivity contribution is -0.115. The normalized spacial score (nSPS) is 12.8. The number of rotatable bonds is 7. The number of anilines is 1. The molecule has 0 aliphatic rings. The monoisotopic (exact) mass is 341 g/mol. The first kappa shape index (κ1) is 17.1. The van der Waals surface area contributed by atoms with Crippen LogP contribution in [0.2, 0.25) is 0 Å². The molecule has 1 amide bonds. The van der Waals surface area contributed by atoms with Crippen molar-refractivity contribution in [2.75, 3.05) is 32.5 Å². The molecule has 0 aromatic heterocycles. The highest BCUT2D eigenvalue weighted by Crippen LogP contribution is 2.15. The minimum absolute atomic E-state index is 0.0208. The number of hydrogen-bond donors (Lipinski definition) is 2. The zero-order valence-electron chi connectivity index (χ0n) is 12.6. The van der Waals surface area contributed by atoms with E-state index < -0.39 is 0 Å². The Kier molecular flexibility index (Phi) is 7.19. The summed E-state index contributed by atoms with van der Waals surface area (Å²) in [6.07, 6.45) is 0. The molecule has 20 heavy (non-hydrogen) atoms. The van der Waals surface area contributed by atoms with Gasteiger partial charge in [0.05, 0.1) is 6.54 Å². The fraction of sp³-hybridized carbons (Fsp3) is 0.533. The molecule has 1 aromatic carbocycles. The van der Waals surface area contributed by atoms with Crippen LogP contribution in [-0.2, 0) is 4.79 Å². The maximum atomic E-state index is 11.9. The summed E-state index contributed by atoms with van der Waals surface area (Å²) in [4.78, 5) is 14.1. The Bertz CT molecular complexity index is 435. The molecule has 5 heteroatoms. The van der Waals surface area contributed by atoms with Crippen molar-refractivity contribution in [1.82, 2.24) is 10.2 Å². The molecule has 0 saturated heterocycles. The van der Waals surface area contributed by atoms with Gasteiger partial charge in [0.1, 0.15) is 0 Å². The van der Waals surface area contributed by atoms with Crippen molar-refractivity contribution in [2.45, 2.75) is 19.9 Å². The Labute approximate surface area is 130 Å². The van der Waals surface area contributed by atoms with E-state index in [0.29, 0.717) is 18.5 Å². The predicted octanol–water partition coefficient (Wildman–Crippen LogP) is 2.56. The largest absolute Gasteiger partial charge is 0.325 e. The van der Waals surface area contributed by atoms with Crippen molar-refractivity contribution in [3.05, 3.63) is 28.7 Å². The number of carbonyl (C=O) groups excluding carboxylic acids is 1. The highest BCUT2D eigenvalue weighted by atomic mass is 79.9. The zero-order chi connectivity index (χ0) is 15.1. The van der Waals surface area contributed by atoms with E-state index >= 15 is 0 Å². The molecule has 0 aliphatic carbocycles. The third kappa shape index (κ3) is 6.50. The fourth-order valence-electron chi connectivity index (χ4n) is 1.90. The van der Waals surface area contributed by atoms with Crippen LogP contribution in [0.1, 0.15) is 13.8 Å². The number of carbonyl (C=O) groups is 1. The second kappa shape index (κ2) is 8.39. The molecule has 4 nitrogen and oxygen atoms in total. The molecule has 0 bridgehead atoms. The Morgan fingerprint density at radius 3 is 2.60 bits per heavy atom. The van der Waals surface area contributed by atoms with Crippen molar-refractivity contribution in [3.63, 3.8) is 0 Å². The number of halogens is 1. The van der Waals surface area contributed by atoms with Gasteiger partial charge in [0.25, 0.3) is 0 Å². The second-order valence-electron chi connectivity index (χ2n) is 5.55. The van der Waals surface area contributed by atoms with Gasteiger partial charge in [-0.05, 0) is 38.2 Å². The third-order valence-electron chi connectivity index (χ3n) is 3.00. The molecule has 1 unspecified atom stereocenters. The zero-order valence-corrected chi connectivity index (χ0v) is 14.2. The van der Waals surface area contributed by atoms with Gasteiger partial charge in [-0.25, -0.2) is 0 Å². The summed E-state index contributed by atoms with van der Waals surface area (Å²) in [5.41, 5.74) is 0.805. The summed E-state index contributed by atoms with van der Waals surface area (Å²) in [5.74, 6) is 0.462. The van der Waals surface area contributed by atoms with E-state index in [1.807, 2.05) is 38.4 Å². The third-order valence-corrected chi connectivity index (χ3v) is 3.49. The average Bonchev–Trinajstić information content (AvgIpc) is 2.33. The standard InChI is InChI=1S/C15H24BrN3O/c1-11(2)14(10-19(3)4)17-9-15(20)18-13-7-5-6-12(16)8-13/h5-8,11,14,17H,9-10H2,1-4H3,(H,18,20). The first-order valence-electron chi connectivity index (χ1n) is 6.82. The Balaban J connectivity index is 2.45. The summed E-state index contributed by atoms with van der Waals surface area (Å²) < 4.78 is 0.955. The van der Waals surface area contributed by atoms with Gasteiger partial charge in [-0.3, -0.25) is 4.79 Å². The van der Waals surface area contributed by atoms with Crippen LogP contribution in [0.4, 0.5) is 5.69 Å². The van der Waals surface area contributed by atoms with Crippen LogP contribution in [0.15, 0.2) is 28.7 Å². The highest BCUT2D eigenvalue weighted by Gasteiger charge is 2.15. The number of benzene rings is 1. The van der Waals surface area contributed by atoms with Crippen LogP contribution in [0.25, 0.3) is 0 Å². The molecule has 0 heterocycles. The lowest BCUT2D eigenvalue weighted by Gasteiger charge is -2.25. The summed E-state index contributed by atoms with van der Waals surface area (Å²) in [6, 6.07) is 7.90. The minimum Gasteiger partial charge on any atom is -0.325 e. The quantitative estimate of drug-likeness (QED) is 0.801. The predicted molar refractivity (Wildman–Crippen MR) is 88.0 cm³/mol. The van der Waals surface area contributed by atoms with Crippen LogP contribution in [0.5, 0.6) is 0 Å². The number of likely N-dealkylation sites (N-methyl/N-ethyl adjacent to an activating group) is 1. The van der Waals surface area contributed by atoms with Crippen molar-refractivity contribution >= 4 is 27.5 Å². The highest BCUT2D eigenvalue weighted by molar-refractivity contribution is 9.10. The fourth-order valence-corrected chi connectivity index (χ4v) is 2.30. The lowest BCUT2D eigenvalue weighted by atomic mass is 10.0. The molecule has 1 rings (SSSR count). The Hall–Kier alpha value is -0.910. The topological polar surface area (TPSA) is 44.4 Å². The summed E-state index contributed by atoms with van der Waals surface area (Å²) in [7, 11) is 4.08. The SMILES string of the molecule is CC(C)C(CN(C)C)NCC(=O)Nc1cccc(Br)c1. The van der Waals surface area contributed by atoms with Crippen molar-refractivity contribution < 1.29 is 4.79 Å². The number of amides is 1. The van der Waals surface area contributed by atoms with E-state index in [9.17, 15) is 4.79 Å². The van der Waals surface area contributed by atoms with Crippen molar-refractivity contribution in [2.24, 2.45) is 5.92 Å². The van der Waals surface area contributed by atoms with Crippen LogP contribution in [0, 0.1) is 5.92 Å². The van der Waals surface area contributed by atoms with Crippen LogP contribution >= 0.6 is 15.9 Å². The van der Waals surface area contributed by atoms with Gasteiger partial charge in [-0.15, -0.1) is 0 Å². The van der Waals surface area contributed by atoms with E-state index in [4.69, 9.17) is 0 Å². The van der Waals surface area contributed by atoms with Gasteiger partial charge < -0.3 is 15.5 Å². The van der Waals surface area contributed by atoms with Crippen molar-refractivity contribution in [1.29, 1.82) is 0 Å². The first-order chi connectivity index (χ1) is 9.38. The molecule has 1 atom stereocenters.